The van der Waals surface area contributed by atoms with E-state index in [0.717, 1.165) is 37.5 Å². The van der Waals surface area contributed by atoms with Gasteiger partial charge in [-0.25, -0.2) is 8.42 Å². The van der Waals surface area contributed by atoms with E-state index in [4.69, 9.17) is 21.1 Å². The predicted molar refractivity (Wildman–Crippen MR) is 116 cm³/mol. The Morgan fingerprint density at radius 2 is 1.93 bits per heavy atom. The topological polar surface area (TPSA) is 55.8 Å². The van der Waals surface area contributed by atoms with Crippen LogP contribution in [-0.4, -0.2) is 59.0 Å². The molecule has 2 aromatic rings. The van der Waals surface area contributed by atoms with Gasteiger partial charge in [-0.05, 0) is 54.8 Å². The van der Waals surface area contributed by atoms with E-state index in [9.17, 15) is 8.42 Å². The van der Waals surface area contributed by atoms with Crippen molar-refractivity contribution in [3.8, 4) is 5.75 Å². The lowest BCUT2D eigenvalue weighted by Crippen LogP contribution is -2.46. The summed E-state index contributed by atoms with van der Waals surface area (Å²) in [6, 6.07) is 14.6. The molecule has 0 bridgehead atoms. The summed E-state index contributed by atoms with van der Waals surface area (Å²) in [5.41, 5.74) is 1.24. The Labute approximate surface area is 178 Å². The monoisotopic (exact) mass is 437 g/mol. The van der Waals surface area contributed by atoms with Crippen LogP contribution in [0.3, 0.4) is 0 Å². The zero-order valence-electron chi connectivity index (χ0n) is 16.9. The molecule has 0 radical (unpaired) electrons. The average molecular weight is 438 g/mol. The molecular formula is C22H28ClNO4S. The van der Waals surface area contributed by atoms with E-state index in [1.807, 2.05) is 18.2 Å². The minimum absolute atomic E-state index is 0.160. The molecule has 1 aliphatic heterocycles. The van der Waals surface area contributed by atoms with Gasteiger partial charge < -0.3 is 14.4 Å². The van der Waals surface area contributed by atoms with Crippen LogP contribution in [0.1, 0.15) is 12.0 Å². The Bertz CT molecular complexity index is 901. The fourth-order valence-electron chi connectivity index (χ4n) is 3.73. The van der Waals surface area contributed by atoms with Gasteiger partial charge in [-0.2, -0.15) is 0 Å². The number of likely N-dealkylation sites (tertiary alicyclic amines) is 1. The molecule has 0 aliphatic carbocycles. The molecule has 1 saturated heterocycles. The van der Waals surface area contributed by atoms with Crippen molar-refractivity contribution in [2.24, 2.45) is 5.92 Å². The number of rotatable bonds is 8. The van der Waals surface area contributed by atoms with Gasteiger partial charge in [0.25, 0.3) is 0 Å². The summed E-state index contributed by atoms with van der Waals surface area (Å²) in [4.78, 5) is 2.74. The van der Waals surface area contributed by atoms with E-state index in [0.29, 0.717) is 17.3 Å². The summed E-state index contributed by atoms with van der Waals surface area (Å²) in [6.07, 6.45) is 3.28. The smallest absolute Gasteiger partial charge is 0.175 e. The fourth-order valence-corrected chi connectivity index (χ4v) is 4.57. The Hall–Kier alpha value is -1.60. The number of benzene rings is 2. The van der Waals surface area contributed by atoms with E-state index >= 15 is 0 Å². The van der Waals surface area contributed by atoms with Crippen LogP contribution in [0.2, 0.25) is 5.02 Å². The highest BCUT2D eigenvalue weighted by Crippen LogP contribution is 2.23. The average Bonchev–Trinajstić information content (AvgIpc) is 2.70. The van der Waals surface area contributed by atoms with Crippen molar-refractivity contribution in [1.29, 1.82) is 0 Å². The van der Waals surface area contributed by atoms with Crippen LogP contribution in [0.4, 0.5) is 0 Å². The normalized spacial score (nSPS) is 20.5. The maximum Gasteiger partial charge on any atom is 0.175 e. The highest BCUT2D eigenvalue weighted by Gasteiger charge is 2.29. The molecule has 3 rings (SSSR count). The molecule has 0 saturated carbocycles. The SMILES string of the molecule is CO[C@H]1CCN(CCc2cccc(Cl)c2)C[C@@H]1COc1ccc(S(C)(=O)=O)cc1. The Morgan fingerprint density at radius 3 is 2.59 bits per heavy atom. The largest absolute Gasteiger partial charge is 0.493 e. The predicted octanol–water partition coefficient (Wildman–Crippen LogP) is 3.70. The van der Waals surface area contributed by atoms with Crippen LogP contribution < -0.4 is 4.74 Å². The molecule has 2 atom stereocenters. The van der Waals surface area contributed by atoms with Crippen LogP contribution in [0.5, 0.6) is 5.75 Å². The van der Waals surface area contributed by atoms with E-state index in [1.165, 1.54) is 11.8 Å². The summed E-state index contributed by atoms with van der Waals surface area (Å²) in [7, 11) is -1.45. The number of halogens is 1. The molecule has 1 aliphatic rings. The summed E-state index contributed by atoms with van der Waals surface area (Å²) < 4.78 is 34.8. The van der Waals surface area contributed by atoms with Gasteiger partial charge in [-0.3, -0.25) is 0 Å². The molecular weight excluding hydrogens is 410 g/mol. The number of piperidine rings is 1. The third-order valence-electron chi connectivity index (χ3n) is 5.37. The Kier molecular flexibility index (Phi) is 7.57. The molecule has 2 aromatic carbocycles. The minimum Gasteiger partial charge on any atom is -0.493 e. The van der Waals surface area contributed by atoms with Gasteiger partial charge in [-0.1, -0.05) is 23.7 Å². The maximum absolute atomic E-state index is 11.6. The first-order valence-electron chi connectivity index (χ1n) is 9.77. The Morgan fingerprint density at radius 1 is 1.17 bits per heavy atom. The fraction of sp³-hybridized carbons (Fsp3) is 0.455. The second kappa shape index (κ2) is 9.94. The van der Waals surface area contributed by atoms with E-state index in [2.05, 4.69) is 11.0 Å². The number of ether oxygens (including phenoxy) is 2. The third-order valence-corrected chi connectivity index (χ3v) is 6.74. The summed E-state index contributed by atoms with van der Waals surface area (Å²) >= 11 is 6.08. The summed E-state index contributed by atoms with van der Waals surface area (Å²) in [5, 5.41) is 0.772. The quantitative estimate of drug-likeness (QED) is 0.630. The van der Waals surface area contributed by atoms with Crippen molar-refractivity contribution in [2.75, 3.05) is 39.6 Å². The zero-order valence-corrected chi connectivity index (χ0v) is 18.5. The van der Waals surface area contributed by atoms with Gasteiger partial charge in [-0.15, -0.1) is 0 Å². The second-order valence-electron chi connectivity index (χ2n) is 7.56. The number of nitrogens with zero attached hydrogens (tertiary/aromatic N) is 1. The standard InChI is InChI=1S/C22H28ClNO4S/c1-27-22-11-13-24(12-10-17-4-3-5-19(23)14-17)15-18(22)16-28-20-6-8-21(9-7-20)29(2,25)26/h3-9,14,18,22H,10-13,15-16H2,1-2H3/t18-,22+/m1/s1. The third kappa shape index (κ3) is 6.44. The van der Waals surface area contributed by atoms with Gasteiger partial charge in [0, 0.05) is 43.9 Å². The van der Waals surface area contributed by atoms with E-state index in [-0.39, 0.29) is 12.0 Å². The van der Waals surface area contributed by atoms with Gasteiger partial charge in [0.2, 0.25) is 0 Å². The molecule has 29 heavy (non-hydrogen) atoms. The second-order valence-corrected chi connectivity index (χ2v) is 10.0. The molecule has 0 amide bonds. The molecule has 0 aromatic heterocycles. The molecule has 0 N–H and O–H groups in total. The van der Waals surface area contributed by atoms with Crippen LogP contribution in [0.15, 0.2) is 53.4 Å². The number of sulfone groups is 1. The molecule has 0 unspecified atom stereocenters. The van der Waals surface area contributed by atoms with Crippen molar-refractivity contribution < 1.29 is 17.9 Å². The van der Waals surface area contributed by atoms with Crippen LogP contribution in [-0.2, 0) is 21.0 Å². The van der Waals surface area contributed by atoms with Gasteiger partial charge in [0.05, 0.1) is 17.6 Å². The first-order valence-corrected chi connectivity index (χ1v) is 12.0. The number of methoxy groups -OCH3 is 1. The molecule has 5 nitrogen and oxygen atoms in total. The number of hydrogen-bond acceptors (Lipinski definition) is 5. The van der Waals surface area contributed by atoms with Gasteiger partial charge >= 0.3 is 0 Å². The van der Waals surface area contributed by atoms with Crippen LogP contribution in [0.25, 0.3) is 0 Å². The summed E-state index contributed by atoms with van der Waals surface area (Å²) in [5.74, 6) is 0.922. The van der Waals surface area contributed by atoms with E-state index in [1.54, 1.807) is 31.4 Å². The van der Waals surface area contributed by atoms with Crippen molar-refractivity contribution >= 4 is 21.4 Å². The zero-order chi connectivity index (χ0) is 20.9. The first kappa shape index (κ1) is 22.1. The minimum atomic E-state index is -3.20. The van der Waals surface area contributed by atoms with Crippen molar-refractivity contribution in [1.82, 2.24) is 4.90 Å². The highest BCUT2D eigenvalue weighted by atomic mass is 35.5. The first-order chi connectivity index (χ1) is 13.8. The molecule has 1 heterocycles. The summed E-state index contributed by atoms with van der Waals surface area (Å²) in [6.45, 7) is 3.40. The van der Waals surface area contributed by atoms with Crippen LogP contribution in [0, 0.1) is 5.92 Å². The molecule has 1 fully saturated rings. The molecule has 7 heteroatoms. The van der Waals surface area contributed by atoms with Crippen molar-refractivity contribution in [3.05, 3.63) is 59.1 Å². The van der Waals surface area contributed by atoms with Crippen molar-refractivity contribution in [2.45, 2.75) is 23.8 Å². The molecule has 0 spiro atoms. The van der Waals surface area contributed by atoms with Crippen molar-refractivity contribution in [3.63, 3.8) is 0 Å². The number of hydrogen-bond donors (Lipinski definition) is 0. The molecule has 158 valence electrons. The lowest BCUT2D eigenvalue weighted by Gasteiger charge is -2.37. The lowest BCUT2D eigenvalue weighted by atomic mass is 9.95. The maximum atomic E-state index is 11.6. The van der Waals surface area contributed by atoms with Gasteiger partial charge in [0.15, 0.2) is 9.84 Å². The lowest BCUT2D eigenvalue weighted by molar-refractivity contribution is -0.0225. The Balaban J connectivity index is 1.55. The van der Waals surface area contributed by atoms with Gasteiger partial charge in [0.1, 0.15) is 5.75 Å². The van der Waals surface area contributed by atoms with Crippen LogP contribution >= 0.6 is 11.6 Å². The van der Waals surface area contributed by atoms with E-state index < -0.39 is 9.84 Å². The highest BCUT2D eigenvalue weighted by molar-refractivity contribution is 7.90.